The third kappa shape index (κ3) is 2.90. The largest absolute Gasteiger partial charge is 0.480 e. The highest BCUT2D eigenvalue weighted by atomic mass is 79.9. The zero-order chi connectivity index (χ0) is 10.7. The van der Waals surface area contributed by atoms with Crippen LogP contribution in [0.2, 0.25) is 0 Å². The molecule has 1 heterocycles. The molecule has 0 bridgehead atoms. The van der Waals surface area contributed by atoms with Crippen molar-refractivity contribution in [3.63, 3.8) is 0 Å². The first-order chi connectivity index (χ1) is 6.50. The van der Waals surface area contributed by atoms with Gasteiger partial charge in [-0.3, -0.25) is 9.59 Å². The second-order valence-corrected chi connectivity index (χ2v) is 5.14. The Morgan fingerprint density at radius 3 is 2.64 bits per heavy atom. The summed E-state index contributed by atoms with van der Waals surface area (Å²) in [4.78, 5) is 22.3. The molecule has 0 aromatic carbocycles. The summed E-state index contributed by atoms with van der Waals surface area (Å²) in [5, 5.41) is 8.50. The zero-order valence-electron chi connectivity index (χ0n) is 7.07. The van der Waals surface area contributed by atoms with Crippen molar-refractivity contribution in [1.82, 2.24) is 0 Å². The predicted octanol–water partition coefficient (Wildman–Crippen LogP) is 1.50. The molecule has 6 heteroatoms. The minimum absolute atomic E-state index is 0.164. The van der Waals surface area contributed by atoms with E-state index >= 15 is 0 Å². The molecular formula is C8H8BrNO3S. The van der Waals surface area contributed by atoms with Crippen LogP contribution in [0.25, 0.3) is 0 Å². The third-order valence-electron chi connectivity index (χ3n) is 1.57. The number of aliphatic carboxylic acids is 1. The Labute approximate surface area is 92.9 Å². The summed E-state index contributed by atoms with van der Waals surface area (Å²) in [6.45, 7) is 0. The molecule has 3 N–H and O–H groups in total. The standard InChI is InChI=1S/C8H8BrNO3S/c9-7-2-1-6(14-7)5(11)3-4(10)8(12)13/h1-2,4H,3,10H2,(H,12,13)/t4-/m0/s1. The minimum atomic E-state index is -1.16. The molecule has 1 rings (SSSR count). The maximum Gasteiger partial charge on any atom is 0.320 e. The summed E-state index contributed by atoms with van der Waals surface area (Å²) < 4.78 is 0.838. The quantitative estimate of drug-likeness (QED) is 0.818. The summed E-state index contributed by atoms with van der Waals surface area (Å²) in [6, 6.07) is 2.26. The number of nitrogens with two attached hydrogens (primary N) is 1. The smallest absolute Gasteiger partial charge is 0.320 e. The van der Waals surface area contributed by atoms with E-state index in [9.17, 15) is 9.59 Å². The van der Waals surface area contributed by atoms with Gasteiger partial charge in [-0.2, -0.15) is 0 Å². The van der Waals surface area contributed by atoms with Crippen molar-refractivity contribution >= 4 is 39.0 Å². The molecular weight excluding hydrogens is 270 g/mol. The Kier molecular flexibility index (Phi) is 3.79. The fraction of sp³-hybridized carbons (Fsp3) is 0.250. The maximum absolute atomic E-state index is 11.4. The molecule has 76 valence electrons. The van der Waals surface area contributed by atoms with Gasteiger partial charge in [0.25, 0.3) is 0 Å². The van der Waals surface area contributed by atoms with E-state index in [1.54, 1.807) is 12.1 Å². The lowest BCUT2D eigenvalue weighted by Crippen LogP contribution is -2.32. The molecule has 1 aromatic rings. The number of rotatable bonds is 4. The number of thiophene rings is 1. The topological polar surface area (TPSA) is 80.4 Å². The van der Waals surface area contributed by atoms with Crippen LogP contribution in [0.1, 0.15) is 16.1 Å². The third-order valence-corrected chi connectivity index (χ3v) is 3.24. The summed E-state index contributed by atoms with van der Waals surface area (Å²) in [7, 11) is 0. The summed E-state index contributed by atoms with van der Waals surface area (Å²) >= 11 is 4.48. The summed E-state index contributed by atoms with van der Waals surface area (Å²) in [6.07, 6.45) is -0.164. The van der Waals surface area contributed by atoms with Crippen molar-refractivity contribution in [2.75, 3.05) is 0 Å². The molecule has 0 aliphatic rings. The first kappa shape index (κ1) is 11.4. The summed E-state index contributed by atoms with van der Waals surface area (Å²) in [5.41, 5.74) is 5.23. The number of carbonyl (C=O) groups excluding carboxylic acids is 1. The molecule has 0 spiro atoms. The van der Waals surface area contributed by atoms with E-state index in [0.717, 1.165) is 3.79 Å². The number of carboxylic acid groups (broad SMARTS) is 1. The average Bonchev–Trinajstić information content (AvgIpc) is 2.51. The van der Waals surface area contributed by atoms with Gasteiger partial charge in [-0.25, -0.2) is 0 Å². The second kappa shape index (κ2) is 4.68. The first-order valence-electron chi connectivity index (χ1n) is 3.77. The molecule has 0 radical (unpaired) electrons. The summed E-state index contributed by atoms with van der Waals surface area (Å²) in [5.74, 6) is -1.40. The fourth-order valence-corrected chi connectivity index (χ4v) is 2.19. The highest BCUT2D eigenvalue weighted by molar-refractivity contribution is 9.11. The monoisotopic (exact) mass is 277 g/mol. The molecule has 0 fully saturated rings. The van der Waals surface area contributed by atoms with Crippen molar-refractivity contribution in [1.29, 1.82) is 0 Å². The minimum Gasteiger partial charge on any atom is -0.480 e. The number of halogens is 1. The van der Waals surface area contributed by atoms with Crippen LogP contribution in [0.3, 0.4) is 0 Å². The lowest BCUT2D eigenvalue weighted by Gasteiger charge is -2.02. The number of hydrogen-bond donors (Lipinski definition) is 2. The van der Waals surface area contributed by atoms with Crippen molar-refractivity contribution in [3.05, 3.63) is 20.8 Å². The Morgan fingerprint density at radius 1 is 1.57 bits per heavy atom. The Bertz CT molecular complexity index is 363. The van der Waals surface area contributed by atoms with Crippen molar-refractivity contribution in [2.24, 2.45) is 5.73 Å². The molecule has 0 saturated carbocycles. The van der Waals surface area contributed by atoms with Crippen LogP contribution in [-0.2, 0) is 4.79 Å². The van der Waals surface area contributed by atoms with Gasteiger partial charge in [0.15, 0.2) is 5.78 Å². The molecule has 0 aliphatic heterocycles. The number of carboxylic acids is 1. The number of ketones is 1. The van der Waals surface area contributed by atoms with E-state index in [-0.39, 0.29) is 12.2 Å². The van der Waals surface area contributed by atoms with Gasteiger partial charge in [-0.15, -0.1) is 11.3 Å². The van der Waals surface area contributed by atoms with Gasteiger partial charge in [0.05, 0.1) is 8.66 Å². The second-order valence-electron chi connectivity index (χ2n) is 2.68. The molecule has 0 aliphatic carbocycles. The van der Waals surface area contributed by atoms with E-state index < -0.39 is 12.0 Å². The zero-order valence-corrected chi connectivity index (χ0v) is 9.47. The maximum atomic E-state index is 11.4. The van der Waals surface area contributed by atoms with Crippen molar-refractivity contribution < 1.29 is 14.7 Å². The Hall–Kier alpha value is -0.720. The van der Waals surface area contributed by atoms with Crippen LogP contribution in [0.4, 0.5) is 0 Å². The predicted molar refractivity (Wildman–Crippen MR) is 56.6 cm³/mol. The highest BCUT2D eigenvalue weighted by Crippen LogP contribution is 2.23. The number of carbonyl (C=O) groups is 2. The van der Waals surface area contributed by atoms with E-state index in [2.05, 4.69) is 15.9 Å². The van der Waals surface area contributed by atoms with E-state index in [0.29, 0.717) is 4.88 Å². The van der Waals surface area contributed by atoms with Crippen LogP contribution in [-0.4, -0.2) is 22.9 Å². The molecule has 1 aromatic heterocycles. The fourth-order valence-electron chi connectivity index (χ4n) is 0.852. The molecule has 14 heavy (non-hydrogen) atoms. The lowest BCUT2D eigenvalue weighted by molar-refractivity contribution is -0.138. The Balaban J connectivity index is 2.63. The average molecular weight is 278 g/mol. The van der Waals surface area contributed by atoms with Gasteiger partial charge in [0.1, 0.15) is 6.04 Å². The van der Waals surface area contributed by atoms with E-state index in [4.69, 9.17) is 10.8 Å². The first-order valence-corrected chi connectivity index (χ1v) is 5.38. The van der Waals surface area contributed by atoms with E-state index in [1.807, 2.05) is 0 Å². The van der Waals surface area contributed by atoms with Crippen LogP contribution >= 0.6 is 27.3 Å². The van der Waals surface area contributed by atoms with Crippen LogP contribution < -0.4 is 5.73 Å². The molecule has 4 nitrogen and oxygen atoms in total. The van der Waals surface area contributed by atoms with Crippen LogP contribution in [0.5, 0.6) is 0 Å². The van der Waals surface area contributed by atoms with Gasteiger partial charge >= 0.3 is 5.97 Å². The van der Waals surface area contributed by atoms with Crippen LogP contribution in [0.15, 0.2) is 15.9 Å². The normalized spacial score (nSPS) is 12.4. The molecule has 1 atom stereocenters. The molecule has 0 amide bonds. The SMILES string of the molecule is N[C@@H](CC(=O)c1ccc(Br)s1)C(=O)O. The van der Waals surface area contributed by atoms with Gasteiger partial charge in [-0.1, -0.05) is 0 Å². The Morgan fingerprint density at radius 2 is 2.21 bits per heavy atom. The van der Waals surface area contributed by atoms with Crippen LogP contribution in [0, 0.1) is 0 Å². The molecule has 0 unspecified atom stereocenters. The number of Topliss-reactive ketones (excluding diaryl/α,β-unsaturated/α-hetero) is 1. The van der Waals surface area contributed by atoms with Gasteiger partial charge in [0.2, 0.25) is 0 Å². The number of hydrogen-bond acceptors (Lipinski definition) is 4. The van der Waals surface area contributed by atoms with Crippen molar-refractivity contribution in [2.45, 2.75) is 12.5 Å². The lowest BCUT2D eigenvalue weighted by atomic mass is 10.1. The van der Waals surface area contributed by atoms with E-state index in [1.165, 1.54) is 11.3 Å². The van der Waals surface area contributed by atoms with Crippen molar-refractivity contribution in [3.8, 4) is 0 Å². The molecule has 0 saturated heterocycles. The van der Waals surface area contributed by atoms with Gasteiger partial charge < -0.3 is 10.8 Å². The van der Waals surface area contributed by atoms with Gasteiger partial charge in [0, 0.05) is 6.42 Å². The van der Waals surface area contributed by atoms with Gasteiger partial charge in [-0.05, 0) is 28.1 Å². The highest BCUT2D eigenvalue weighted by Gasteiger charge is 2.18.